The Morgan fingerprint density at radius 1 is 1.35 bits per heavy atom. The molecule has 0 unspecified atom stereocenters. The third kappa shape index (κ3) is 2.98. The highest BCUT2D eigenvalue weighted by atomic mass is 16.7. The molecule has 1 amide bonds. The van der Waals surface area contributed by atoms with E-state index >= 15 is 0 Å². The summed E-state index contributed by atoms with van der Waals surface area (Å²) in [6.07, 6.45) is -0.180. The zero-order valence-electron chi connectivity index (χ0n) is 14.6. The highest BCUT2D eigenvalue weighted by Gasteiger charge is 2.28. The summed E-state index contributed by atoms with van der Waals surface area (Å²) in [7, 11) is 0. The normalized spacial score (nSPS) is 16.2. The van der Waals surface area contributed by atoms with Crippen LogP contribution in [0.2, 0.25) is 0 Å². The van der Waals surface area contributed by atoms with Crippen molar-refractivity contribution in [2.75, 3.05) is 13.3 Å². The molecule has 8 heteroatoms. The van der Waals surface area contributed by atoms with Crippen LogP contribution in [0.25, 0.3) is 0 Å². The molecule has 2 aliphatic rings. The summed E-state index contributed by atoms with van der Waals surface area (Å²) >= 11 is 0. The monoisotopic (exact) mass is 357 g/mol. The van der Waals surface area contributed by atoms with Gasteiger partial charge in [-0.25, -0.2) is 4.98 Å². The number of rotatable bonds is 3. The number of aromatic amines is 1. The van der Waals surface area contributed by atoms with Gasteiger partial charge in [0.1, 0.15) is 11.6 Å². The first kappa shape index (κ1) is 16.4. The van der Waals surface area contributed by atoms with E-state index in [1.54, 1.807) is 36.9 Å². The molecule has 1 atom stereocenters. The number of hydrogen-bond donors (Lipinski definition) is 1. The van der Waals surface area contributed by atoms with E-state index in [4.69, 9.17) is 14.2 Å². The lowest BCUT2D eigenvalue weighted by molar-refractivity contribution is -0.139. The van der Waals surface area contributed by atoms with Gasteiger partial charge in [-0.1, -0.05) is 0 Å². The topological polar surface area (TPSA) is 93.8 Å². The minimum Gasteiger partial charge on any atom is -0.481 e. The van der Waals surface area contributed by atoms with Crippen LogP contribution >= 0.6 is 0 Å². The Balaban J connectivity index is 1.46. The first-order valence-corrected chi connectivity index (χ1v) is 8.45. The molecule has 1 N–H and O–H groups in total. The first-order valence-electron chi connectivity index (χ1n) is 8.45. The summed E-state index contributed by atoms with van der Waals surface area (Å²) in [4.78, 5) is 33.5. The Bertz CT molecular complexity index is 924. The average molecular weight is 357 g/mol. The molecular weight excluding hydrogens is 338 g/mol. The van der Waals surface area contributed by atoms with Crippen LogP contribution in [-0.4, -0.2) is 40.2 Å². The highest BCUT2D eigenvalue weighted by Crippen LogP contribution is 2.35. The number of fused-ring (bicyclic) bond motifs is 2. The van der Waals surface area contributed by atoms with Gasteiger partial charge in [0.15, 0.2) is 17.6 Å². The fourth-order valence-corrected chi connectivity index (χ4v) is 3.21. The van der Waals surface area contributed by atoms with E-state index in [2.05, 4.69) is 9.97 Å². The van der Waals surface area contributed by atoms with Crippen molar-refractivity contribution >= 4 is 5.91 Å². The van der Waals surface area contributed by atoms with Crippen LogP contribution in [0.4, 0.5) is 0 Å². The second-order valence-electron chi connectivity index (χ2n) is 6.36. The Labute approximate surface area is 149 Å². The van der Waals surface area contributed by atoms with Crippen LogP contribution < -0.4 is 19.8 Å². The van der Waals surface area contributed by atoms with Crippen molar-refractivity contribution < 1.29 is 19.0 Å². The van der Waals surface area contributed by atoms with Gasteiger partial charge >= 0.3 is 0 Å². The smallest absolute Gasteiger partial charge is 0.263 e. The molecule has 3 heterocycles. The molecule has 0 fully saturated rings. The maximum absolute atomic E-state index is 12.7. The maximum Gasteiger partial charge on any atom is 0.263 e. The Kier molecular flexibility index (Phi) is 4.02. The van der Waals surface area contributed by atoms with Gasteiger partial charge in [-0.2, -0.15) is 0 Å². The molecule has 1 aromatic heterocycles. The SMILES string of the molecule is Cc1nc2c(c(=O)[nH]1)CCN(C(=O)[C@@H](C)Oc1ccc3c(c1)OCO3)C2. The summed E-state index contributed by atoms with van der Waals surface area (Å²) in [5.41, 5.74) is 1.19. The van der Waals surface area contributed by atoms with Gasteiger partial charge in [-0.3, -0.25) is 9.59 Å². The lowest BCUT2D eigenvalue weighted by atomic mass is 10.1. The van der Waals surface area contributed by atoms with Gasteiger partial charge in [0.25, 0.3) is 11.5 Å². The second-order valence-corrected chi connectivity index (χ2v) is 6.36. The predicted octanol–water partition coefficient (Wildman–Crippen LogP) is 1.16. The molecule has 8 nitrogen and oxygen atoms in total. The van der Waals surface area contributed by atoms with Crippen molar-refractivity contribution in [2.24, 2.45) is 0 Å². The van der Waals surface area contributed by atoms with Crippen LogP contribution in [0.3, 0.4) is 0 Å². The van der Waals surface area contributed by atoms with E-state index in [9.17, 15) is 9.59 Å². The molecule has 0 aliphatic carbocycles. The number of benzene rings is 1. The molecule has 2 aromatic rings. The number of aromatic nitrogens is 2. The van der Waals surface area contributed by atoms with Crippen LogP contribution in [0, 0.1) is 6.92 Å². The van der Waals surface area contributed by atoms with E-state index in [1.807, 2.05) is 0 Å². The number of nitrogens with one attached hydrogen (secondary N) is 1. The molecule has 136 valence electrons. The largest absolute Gasteiger partial charge is 0.481 e. The molecule has 26 heavy (non-hydrogen) atoms. The average Bonchev–Trinajstić information content (AvgIpc) is 3.08. The van der Waals surface area contributed by atoms with Crippen molar-refractivity contribution in [1.82, 2.24) is 14.9 Å². The van der Waals surface area contributed by atoms with Crippen molar-refractivity contribution in [3.63, 3.8) is 0 Å². The predicted molar refractivity (Wildman–Crippen MR) is 91.4 cm³/mol. The van der Waals surface area contributed by atoms with E-state index in [0.29, 0.717) is 53.8 Å². The van der Waals surface area contributed by atoms with E-state index < -0.39 is 6.10 Å². The number of ether oxygens (including phenoxy) is 3. The molecule has 2 aliphatic heterocycles. The van der Waals surface area contributed by atoms with E-state index in [-0.39, 0.29) is 18.3 Å². The van der Waals surface area contributed by atoms with Gasteiger partial charge in [0.05, 0.1) is 12.2 Å². The number of nitrogens with zero attached hydrogens (tertiary/aromatic N) is 2. The van der Waals surface area contributed by atoms with Gasteiger partial charge in [-0.05, 0) is 32.4 Å². The minimum absolute atomic E-state index is 0.121. The van der Waals surface area contributed by atoms with Gasteiger partial charge < -0.3 is 24.1 Å². The minimum atomic E-state index is -0.667. The molecule has 4 rings (SSSR count). The van der Waals surface area contributed by atoms with Gasteiger partial charge in [0, 0.05) is 18.2 Å². The van der Waals surface area contributed by atoms with Crippen molar-refractivity contribution in [2.45, 2.75) is 32.9 Å². The lowest BCUT2D eigenvalue weighted by Crippen LogP contribution is -2.44. The number of hydrogen-bond acceptors (Lipinski definition) is 6. The third-order valence-electron chi connectivity index (χ3n) is 4.51. The van der Waals surface area contributed by atoms with Crippen molar-refractivity contribution in [3.05, 3.63) is 45.6 Å². The zero-order valence-corrected chi connectivity index (χ0v) is 14.6. The summed E-state index contributed by atoms with van der Waals surface area (Å²) in [6.45, 7) is 4.40. The standard InChI is InChI=1S/C18H19N3O5/c1-10(26-12-3-4-15-16(7-12)25-9-24-15)18(23)21-6-5-13-14(8-21)19-11(2)20-17(13)22/h3-4,7,10H,5-6,8-9H2,1-2H3,(H,19,20,22)/t10-/m1/s1. The maximum atomic E-state index is 12.7. The number of carbonyl (C=O) groups excluding carboxylic acids is 1. The third-order valence-corrected chi connectivity index (χ3v) is 4.51. The van der Waals surface area contributed by atoms with E-state index in [1.165, 1.54) is 0 Å². The lowest BCUT2D eigenvalue weighted by Gasteiger charge is -2.30. The first-order chi connectivity index (χ1) is 12.5. The molecule has 0 saturated carbocycles. The quantitative estimate of drug-likeness (QED) is 0.886. The van der Waals surface area contributed by atoms with Crippen molar-refractivity contribution in [3.8, 4) is 17.2 Å². The number of H-pyrrole nitrogens is 1. The highest BCUT2D eigenvalue weighted by molar-refractivity contribution is 5.81. The van der Waals surface area contributed by atoms with Gasteiger partial charge in [-0.15, -0.1) is 0 Å². The molecular formula is C18H19N3O5. The summed E-state index contributed by atoms with van der Waals surface area (Å²) in [5.74, 6) is 2.21. The Morgan fingerprint density at radius 3 is 3.00 bits per heavy atom. The number of carbonyl (C=O) groups is 1. The molecule has 0 radical (unpaired) electrons. The van der Waals surface area contributed by atoms with Crippen molar-refractivity contribution in [1.29, 1.82) is 0 Å². The van der Waals surface area contributed by atoms with Gasteiger partial charge in [0.2, 0.25) is 6.79 Å². The fraction of sp³-hybridized carbons (Fsp3) is 0.389. The Hall–Kier alpha value is -3.03. The molecule has 0 spiro atoms. The molecule has 1 aromatic carbocycles. The second kappa shape index (κ2) is 6.36. The number of aryl methyl sites for hydroxylation is 1. The van der Waals surface area contributed by atoms with Crippen LogP contribution in [0.5, 0.6) is 17.2 Å². The number of amides is 1. The zero-order chi connectivity index (χ0) is 18.3. The summed E-state index contributed by atoms with van der Waals surface area (Å²) in [5, 5.41) is 0. The summed E-state index contributed by atoms with van der Waals surface area (Å²) < 4.78 is 16.4. The van der Waals surface area contributed by atoms with E-state index in [0.717, 1.165) is 0 Å². The van der Waals surface area contributed by atoms with Crippen LogP contribution in [0.15, 0.2) is 23.0 Å². The fourth-order valence-electron chi connectivity index (χ4n) is 3.21. The van der Waals surface area contributed by atoms with Crippen LogP contribution in [0.1, 0.15) is 24.0 Å². The summed E-state index contributed by atoms with van der Waals surface area (Å²) in [6, 6.07) is 5.21. The Morgan fingerprint density at radius 2 is 2.15 bits per heavy atom. The molecule has 0 saturated heterocycles. The molecule has 0 bridgehead atoms. The van der Waals surface area contributed by atoms with Crippen LogP contribution in [-0.2, 0) is 17.8 Å².